The molecule has 3 heteroatoms. The van der Waals surface area contributed by atoms with Gasteiger partial charge in [0.05, 0.1) is 5.69 Å². The van der Waals surface area contributed by atoms with Gasteiger partial charge < -0.3 is 10.2 Å². The molecule has 0 aliphatic heterocycles. The highest BCUT2D eigenvalue weighted by Crippen LogP contribution is 2.72. The van der Waals surface area contributed by atoms with E-state index < -0.39 is 0 Å². The predicted octanol–water partition coefficient (Wildman–Crippen LogP) is 4.53. The summed E-state index contributed by atoms with van der Waals surface area (Å²) in [5.74, 6) is 4.11. The van der Waals surface area contributed by atoms with Gasteiger partial charge in [0.1, 0.15) is 0 Å². The standard InChI is InChI=1S/C22H23NO2/c1-10-4-3-5-11(2)20(10)23-21(24)18-14-9-15(19(18)22(23)25)17-13-7-6-12(8-13)16(14)17/h3-7,12-17,24-25H,8-9H2,1-2H3. The van der Waals surface area contributed by atoms with Gasteiger partial charge in [-0.15, -0.1) is 0 Å². The van der Waals surface area contributed by atoms with Crippen LogP contribution in [0.2, 0.25) is 0 Å². The van der Waals surface area contributed by atoms with E-state index in [2.05, 4.69) is 12.2 Å². The maximum Gasteiger partial charge on any atom is 0.202 e. The Balaban J connectivity index is 1.58. The molecule has 3 nitrogen and oxygen atoms in total. The van der Waals surface area contributed by atoms with Crippen molar-refractivity contribution in [3.05, 3.63) is 52.6 Å². The fraction of sp³-hybridized carbons (Fsp3) is 0.455. The number of rotatable bonds is 1. The lowest BCUT2D eigenvalue weighted by Crippen LogP contribution is -2.24. The number of para-hydroxylation sites is 1. The van der Waals surface area contributed by atoms with Crippen LogP contribution in [-0.4, -0.2) is 14.8 Å². The second-order valence-corrected chi connectivity index (χ2v) is 8.60. The van der Waals surface area contributed by atoms with Crippen molar-refractivity contribution in [1.82, 2.24) is 4.57 Å². The van der Waals surface area contributed by atoms with Gasteiger partial charge in [-0.3, -0.25) is 4.57 Å². The smallest absolute Gasteiger partial charge is 0.202 e. The van der Waals surface area contributed by atoms with Gasteiger partial charge in [0.15, 0.2) is 0 Å². The second kappa shape index (κ2) is 4.32. The van der Waals surface area contributed by atoms with Gasteiger partial charge in [-0.2, -0.15) is 0 Å². The van der Waals surface area contributed by atoms with Crippen molar-refractivity contribution >= 4 is 0 Å². The zero-order valence-electron chi connectivity index (χ0n) is 14.6. The molecule has 6 rings (SSSR count). The van der Waals surface area contributed by atoms with Crippen LogP contribution in [0, 0.1) is 37.5 Å². The fourth-order valence-corrected chi connectivity index (χ4v) is 6.92. The maximum atomic E-state index is 11.1. The van der Waals surface area contributed by atoms with E-state index in [9.17, 15) is 10.2 Å². The van der Waals surface area contributed by atoms with Crippen LogP contribution in [0.3, 0.4) is 0 Å². The van der Waals surface area contributed by atoms with Gasteiger partial charge >= 0.3 is 0 Å². The Morgan fingerprint density at radius 3 is 1.88 bits per heavy atom. The summed E-state index contributed by atoms with van der Waals surface area (Å²) in [5, 5.41) is 22.3. The van der Waals surface area contributed by atoms with Crippen LogP contribution in [0.15, 0.2) is 30.4 Å². The Hall–Kier alpha value is -2.16. The van der Waals surface area contributed by atoms with Crippen LogP contribution in [0.4, 0.5) is 0 Å². The molecule has 0 radical (unpaired) electrons. The third-order valence-corrected chi connectivity index (χ3v) is 7.62. The Kier molecular flexibility index (Phi) is 2.43. The van der Waals surface area contributed by atoms with Crippen molar-refractivity contribution in [2.75, 3.05) is 0 Å². The van der Waals surface area contributed by atoms with E-state index in [0.717, 1.165) is 34.4 Å². The average Bonchev–Trinajstić information content (AvgIpc) is 3.35. The van der Waals surface area contributed by atoms with Crippen molar-refractivity contribution in [3.63, 3.8) is 0 Å². The third kappa shape index (κ3) is 1.46. The Morgan fingerprint density at radius 1 is 0.840 bits per heavy atom. The predicted molar refractivity (Wildman–Crippen MR) is 96.4 cm³/mol. The SMILES string of the molecule is Cc1cccc(C)c1-n1c(O)c2c(c1O)C1CC2C2C3C=CC(C3)C12. The molecule has 4 aliphatic rings. The fourth-order valence-electron chi connectivity index (χ4n) is 6.92. The molecule has 2 fully saturated rings. The first-order valence-electron chi connectivity index (χ1n) is 9.49. The van der Waals surface area contributed by atoms with Crippen LogP contribution in [0.1, 0.15) is 46.9 Å². The lowest BCUT2D eigenvalue weighted by molar-refractivity contribution is 0.298. The summed E-state index contributed by atoms with van der Waals surface area (Å²) >= 11 is 0. The zero-order valence-corrected chi connectivity index (χ0v) is 14.6. The van der Waals surface area contributed by atoms with E-state index in [-0.39, 0.29) is 11.8 Å². The number of fused-ring (bicyclic) bond motifs is 12. The summed E-state index contributed by atoms with van der Waals surface area (Å²) in [6, 6.07) is 6.11. The number of hydrogen-bond donors (Lipinski definition) is 2. The summed E-state index contributed by atoms with van der Waals surface area (Å²) in [6.07, 6.45) is 7.21. The minimum atomic E-state index is 0.280. The number of aryl methyl sites for hydroxylation is 2. The lowest BCUT2D eigenvalue weighted by atomic mass is 9.72. The first kappa shape index (κ1) is 14.1. The molecule has 0 amide bonds. The lowest BCUT2D eigenvalue weighted by Gasteiger charge is -2.31. The number of aromatic hydroxyl groups is 2. The largest absolute Gasteiger partial charge is 0.494 e. The molecular weight excluding hydrogens is 310 g/mol. The zero-order chi connectivity index (χ0) is 17.0. The van der Waals surface area contributed by atoms with Crippen LogP contribution < -0.4 is 0 Å². The van der Waals surface area contributed by atoms with E-state index in [0.29, 0.717) is 35.5 Å². The highest BCUT2D eigenvalue weighted by molar-refractivity contribution is 5.63. The molecule has 1 heterocycles. The first-order valence-corrected chi connectivity index (χ1v) is 9.49. The molecule has 2 aromatic rings. The number of aromatic nitrogens is 1. The molecule has 0 saturated heterocycles. The van der Waals surface area contributed by atoms with Crippen molar-refractivity contribution in [2.24, 2.45) is 23.7 Å². The van der Waals surface area contributed by atoms with E-state index in [1.165, 1.54) is 6.42 Å². The molecule has 6 atom stereocenters. The number of nitrogens with zero attached hydrogens (tertiary/aromatic N) is 1. The second-order valence-electron chi connectivity index (χ2n) is 8.60. The molecule has 4 aliphatic carbocycles. The quantitative estimate of drug-likeness (QED) is 0.595. The number of hydrogen-bond acceptors (Lipinski definition) is 2. The van der Waals surface area contributed by atoms with Crippen LogP contribution in [-0.2, 0) is 0 Å². The monoisotopic (exact) mass is 333 g/mol. The van der Waals surface area contributed by atoms with Gasteiger partial charge in [-0.25, -0.2) is 0 Å². The Bertz CT molecular complexity index is 886. The topological polar surface area (TPSA) is 45.4 Å². The number of allylic oxidation sites excluding steroid dienone is 2. The van der Waals surface area contributed by atoms with Crippen LogP contribution in [0.5, 0.6) is 11.8 Å². The Morgan fingerprint density at radius 2 is 1.36 bits per heavy atom. The summed E-state index contributed by atoms with van der Waals surface area (Å²) in [5.41, 5.74) is 5.18. The maximum absolute atomic E-state index is 11.1. The van der Waals surface area contributed by atoms with Gasteiger partial charge in [-0.1, -0.05) is 30.4 Å². The van der Waals surface area contributed by atoms with E-state index in [1.807, 2.05) is 32.0 Å². The van der Waals surface area contributed by atoms with Crippen LogP contribution in [0.25, 0.3) is 5.69 Å². The summed E-state index contributed by atoms with van der Waals surface area (Å²) in [6.45, 7) is 4.08. The highest BCUT2D eigenvalue weighted by atomic mass is 16.3. The molecule has 2 N–H and O–H groups in total. The van der Waals surface area contributed by atoms with Gasteiger partial charge in [0, 0.05) is 11.1 Å². The molecule has 4 bridgehead atoms. The summed E-state index contributed by atoms with van der Waals surface area (Å²) in [4.78, 5) is 0. The third-order valence-electron chi connectivity index (χ3n) is 7.62. The molecule has 0 spiro atoms. The summed E-state index contributed by atoms with van der Waals surface area (Å²) < 4.78 is 1.71. The number of benzene rings is 1. The minimum absolute atomic E-state index is 0.280. The van der Waals surface area contributed by atoms with E-state index in [1.54, 1.807) is 4.57 Å². The van der Waals surface area contributed by atoms with Crippen molar-refractivity contribution in [1.29, 1.82) is 0 Å². The van der Waals surface area contributed by atoms with Crippen molar-refractivity contribution in [2.45, 2.75) is 38.5 Å². The molecule has 2 saturated carbocycles. The molecule has 6 unspecified atom stereocenters. The molecule has 128 valence electrons. The normalized spacial score (nSPS) is 36.2. The van der Waals surface area contributed by atoms with Crippen molar-refractivity contribution < 1.29 is 10.2 Å². The molecule has 1 aromatic carbocycles. The Labute approximate surface area is 147 Å². The van der Waals surface area contributed by atoms with E-state index in [4.69, 9.17) is 0 Å². The molecular formula is C22H23NO2. The molecule has 1 aromatic heterocycles. The van der Waals surface area contributed by atoms with Crippen molar-refractivity contribution in [3.8, 4) is 17.4 Å². The summed E-state index contributed by atoms with van der Waals surface area (Å²) in [7, 11) is 0. The minimum Gasteiger partial charge on any atom is -0.494 e. The van der Waals surface area contributed by atoms with Gasteiger partial charge in [0.25, 0.3) is 0 Å². The van der Waals surface area contributed by atoms with Gasteiger partial charge in [0.2, 0.25) is 11.8 Å². The van der Waals surface area contributed by atoms with E-state index >= 15 is 0 Å². The molecule has 25 heavy (non-hydrogen) atoms. The van der Waals surface area contributed by atoms with Gasteiger partial charge in [-0.05, 0) is 73.3 Å². The van der Waals surface area contributed by atoms with Crippen LogP contribution >= 0.6 is 0 Å². The highest BCUT2D eigenvalue weighted by Gasteiger charge is 2.62. The first-order chi connectivity index (χ1) is 12.1. The average molecular weight is 333 g/mol.